The van der Waals surface area contributed by atoms with Gasteiger partial charge in [0.2, 0.25) is 0 Å². The van der Waals surface area contributed by atoms with E-state index >= 15 is 0 Å². The summed E-state index contributed by atoms with van der Waals surface area (Å²) in [5.74, 6) is 0. The van der Waals surface area contributed by atoms with Crippen LogP contribution in [0.15, 0.2) is 0 Å². The second-order valence-corrected chi connectivity index (χ2v) is 0. The number of hydrogen-bond donors (Lipinski definition) is 0. The molecule has 0 spiro atoms. The summed E-state index contributed by atoms with van der Waals surface area (Å²) in [5.41, 5.74) is 0. The van der Waals surface area contributed by atoms with Crippen molar-refractivity contribution in [1.29, 1.82) is 0 Å². The molecule has 16 heteroatoms. The maximum Gasteiger partial charge on any atom is 3.00 e. The topological polar surface area (TPSA) is 0 Å². The first-order valence-electron chi connectivity index (χ1n) is 0. The van der Waals surface area contributed by atoms with E-state index in [-0.39, 0.29) is 296 Å². The van der Waals surface area contributed by atoms with E-state index in [0.717, 1.165) is 0 Å². The maximum atomic E-state index is 0. The molecule has 0 amide bonds. The van der Waals surface area contributed by atoms with Crippen LogP contribution in [0.25, 0.3) is 0 Å². The molecule has 0 unspecified atom stereocenters. The quantitative estimate of drug-likeness (QED) is 0.212. The third-order valence-corrected chi connectivity index (χ3v) is 0. The first-order chi connectivity index (χ1) is 0. The standard InChI is InChI=1S/12ClH.Dy.Ho.Tb.Y/h12*1H;;;;/q;;;;;;;;;;;;4*+3/p-12. The average Bonchev–Trinajstić information content (AvgIpc) is 0. The second kappa shape index (κ2) is 166. The van der Waals surface area contributed by atoms with E-state index in [9.17, 15) is 0 Å². The predicted molar refractivity (Wildman–Crippen MR) is 0 cm³/mol. The van der Waals surface area contributed by atoms with Crippen molar-refractivity contribution >= 4 is 0 Å². The van der Waals surface area contributed by atoms with Crippen molar-refractivity contribution in [3.8, 4) is 0 Å². The summed E-state index contributed by atoms with van der Waals surface area (Å²) in [7, 11) is 0. The Balaban J connectivity index is 0. The molecule has 0 aromatic carbocycles. The van der Waals surface area contributed by atoms with Crippen LogP contribution >= 0.6 is 0 Å². The summed E-state index contributed by atoms with van der Waals surface area (Å²) < 4.78 is 0. The Hall–Kier alpha value is 8.40. The van der Waals surface area contributed by atoms with Crippen molar-refractivity contribution in [1.82, 2.24) is 0 Å². The first kappa shape index (κ1) is 189. The molecule has 0 aliphatic carbocycles. The van der Waals surface area contributed by atoms with Gasteiger partial charge in [0.25, 0.3) is 0 Å². The molecule has 0 bridgehead atoms. The summed E-state index contributed by atoms with van der Waals surface area (Å²) in [4.78, 5) is 0. The average molecular weight is 1000 g/mol. The molecule has 0 aliphatic heterocycles. The summed E-state index contributed by atoms with van der Waals surface area (Å²) in [6.45, 7) is 0. The minimum atomic E-state index is 0. The number of rotatable bonds is 0. The predicted octanol–water partition coefficient (Wildman–Crippen LogP) is -36.0. The third-order valence-electron chi connectivity index (χ3n) is 0. The van der Waals surface area contributed by atoms with Crippen LogP contribution < -0.4 is 149 Å². The summed E-state index contributed by atoms with van der Waals surface area (Å²) in [6.07, 6.45) is 0. The molecule has 0 atom stereocenters. The molecule has 0 rings (SSSR count). The van der Waals surface area contributed by atoms with Crippen LogP contribution in [0, 0.1) is 115 Å². The number of hydrogen-bond acceptors (Lipinski definition) is 0. The zero-order valence-corrected chi connectivity index (χ0v) is 24.1. The van der Waals surface area contributed by atoms with Crippen LogP contribution in [-0.4, -0.2) is 0 Å². The van der Waals surface area contributed by atoms with Gasteiger partial charge in [0, 0.05) is 0 Å². The van der Waals surface area contributed by atoms with E-state index in [1.54, 1.807) is 0 Å². The molecule has 0 heterocycles. The van der Waals surface area contributed by atoms with Gasteiger partial charge in [0.15, 0.2) is 0 Å². The molecule has 117 valence electrons. The Morgan fingerprint density at radius 3 is 0.312 bits per heavy atom. The van der Waals surface area contributed by atoms with Gasteiger partial charge in [-0.15, -0.1) is 0 Å². The van der Waals surface area contributed by atoms with Gasteiger partial charge in [-0.2, -0.15) is 0 Å². The summed E-state index contributed by atoms with van der Waals surface area (Å²) in [5, 5.41) is 0. The zero-order chi connectivity index (χ0) is 0. The Kier molecular flexibility index (Phi) is 1970. The molecular formula is Cl12DyHoTbY. The largest absolute Gasteiger partial charge is 3.00 e. The van der Waals surface area contributed by atoms with E-state index in [1.807, 2.05) is 0 Å². The molecule has 0 aromatic heterocycles. The molecule has 0 aliphatic rings. The van der Waals surface area contributed by atoms with Crippen molar-refractivity contribution in [2.75, 3.05) is 0 Å². The van der Waals surface area contributed by atoms with Crippen molar-refractivity contribution in [3.63, 3.8) is 0 Å². The molecule has 0 saturated carbocycles. The van der Waals surface area contributed by atoms with Gasteiger partial charge >= 0.3 is 147 Å². The minimum absolute atomic E-state index is 0. The first-order valence-corrected chi connectivity index (χ1v) is 0. The second-order valence-electron chi connectivity index (χ2n) is 0. The van der Waals surface area contributed by atoms with Crippen LogP contribution in [0.2, 0.25) is 0 Å². The fourth-order valence-electron chi connectivity index (χ4n) is 0. The van der Waals surface area contributed by atoms with E-state index in [4.69, 9.17) is 0 Å². The molecule has 0 fully saturated rings. The van der Waals surface area contributed by atoms with Crippen LogP contribution in [0.4, 0.5) is 0 Å². The van der Waals surface area contributed by atoms with E-state index in [0.29, 0.717) is 0 Å². The van der Waals surface area contributed by atoms with Crippen molar-refractivity contribution < 1.29 is 296 Å². The van der Waals surface area contributed by atoms with Crippen molar-refractivity contribution in [3.05, 3.63) is 0 Å². The summed E-state index contributed by atoms with van der Waals surface area (Å²) >= 11 is 0. The van der Waals surface area contributed by atoms with Crippen LogP contribution in [-0.2, 0) is 32.7 Å². The molecule has 0 aromatic rings. The van der Waals surface area contributed by atoms with Gasteiger partial charge in [-0.3, -0.25) is 0 Å². The Morgan fingerprint density at radius 2 is 0.312 bits per heavy atom. The Bertz CT molecular complexity index is 21.0. The molecular weight excluding hydrogens is 1000 g/mol. The van der Waals surface area contributed by atoms with Crippen LogP contribution in [0.5, 0.6) is 0 Å². The van der Waals surface area contributed by atoms with Gasteiger partial charge in [-0.05, 0) is 0 Å². The van der Waals surface area contributed by atoms with Crippen molar-refractivity contribution in [2.45, 2.75) is 0 Å². The number of halogens is 12. The smallest absolute Gasteiger partial charge is 1.00 e. The van der Waals surface area contributed by atoms with Gasteiger partial charge in [-0.25, -0.2) is 0 Å². The summed E-state index contributed by atoms with van der Waals surface area (Å²) in [6, 6.07) is 0. The third kappa shape index (κ3) is 145. The maximum absolute atomic E-state index is 0. The fraction of sp³-hybridized carbons (Fsp3) is 0. The Labute approximate surface area is 288 Å². The monoisotopic (exact) mass is 996 g/mol. The van der Waals surface area contributed by atoms with Crippen LogP contribution in [0.3, 0.4) is 0 Å². The molecule has 1 radical (unpaired) electrons. The van der Waals surface area contributed by atoms with E-state index in [2.05, 4.69) is 0 Å². The van der Waals surface area contributed by atoms with E-state index in [1.165, 1.54) is 0 Å². The van der Waals surface area contributed by atoms with Gasteiger partial charge in [0.05, 0.1) is 0 Å². The molecule has 0 saturated heterocycles. The van der Waals surface area contributed by atoms with Crippen LogP contribution in [0.1, 0.15) is 0 Å². The van der Waals surface area contributed by atoms with Gasteiger partial charge in [0.1, 0.15) is 0 Å². The molecule has 0 nitrogen and oxygen atoms in total. The fourth-order valence-corrected chi connectivity index (χ4v) is 0. The zero-order valence-electron chi connectivity index (χ0n) is 6.06. The molecule has 0 N–H and O–H groups in total. The van der Waals surface area contributed by atoms with Crippen molar-refractivity contribution in [2.24, 2.45) is 0 Å². The van der Waals surface area contributed by atoms with Gasteiger partial charge in [-0.1, -0.05) is 0 Å². The van der Waals surface area contributed by atoms with Gasteiger partial charge < -0.3 is 149 Å². The minimum Gasteiger partial charge on any atom is -1.00 e. The normalized spacial score (nSPS) is 0. The van der Waals surface area contributed by atoms with E-state index < -0.39 is 0 Å². The molecule has 16 heavy (non-hydrogen) atoms. The Morgan fingerprint density at radius 1 is 0.312 bits per heavy atom. The SMILES string of the molecule is [Cl-].[Cl-].[Cl-].[Cl-].[Cl-].[Cl-].[Cl-].[Cl-].[Cl-].[Cl-].[Cl-].[Cl-].[Dy+3].[Ho+3].[Tb+3].[Y+3].